The molecule has 1 atom stereocenters. The quantitative estimate of drug-likeness (QED) is 0.562. The van der Waals surface area contributed by atoms with Gasteiger partial charge in [0.1, 0.15) is 5.75 Å². The van der Waals surface area contributed by atoms with Gasteiger partial charge in [0, 0.05) is 50.5 Å². The van der Waals surface area contributed by atoms with Crippen LogP contribution in [0, 0.1) is 6.92 Å². The second kappa shape index (κ2) is 10.9. The molecular formula is C25H35N3O5S. The van der Waals surface area contributed by atoms with Gasteiger partial charge in [-0.25, -0.2) is 12.7 Å². The van der Waals surface area contributed by atoms with Crippen molar-refractivity contribution in [1.29, 1.82) is 0 Å². The van der Waals surface area contributed by atoms with E-state index in [1.54, 1.807) is 26.2 Å². The molecular weight excluding hydrogens is 454 g/mol. The maximum atomic E-state index is 12.9. The molecule has 1 heterocycles. The highest BCUT2D eigenvalue weighted by Crippen LogP contribution is 2.40. The van der Waals surface area contributed by atoms with Crippen molar-refractivity contribution in [1.82, 2.24) is 9.62 Å². The van der Waals surface area contributed by atoms with Gasteiger partial charge in [-0.2, -0.15) is 0 Å². The number of carbonyl (C=O) groups excluding carboxylic acids is 1. The number of carbonyl (C=O) groups is 1. The minimum atomic E-state index is -3.59. The molecule has 0 radical (unpaired) electrons. The zero-order valence-electron chi connectivity index (χ0n) is 20.6. The first-order valence-corrected chi connectivity index (χ1v) is 12.8. The van der Waals surface area contributed by atoms with Gasteiger partial charge in [-0.05, 0) is 51.0 Å². The number of amides is 1. The van der Waals surface area contributed by atoms with E-state index in [4.69, 9.17) is 9.47 Å². The summed E-state index contributed by atoms with van der Waals surface area (Å²) in [5, 5.41) is 6.23. The molecule has 3 rings (SSSR count). The molecule has 2 aromatic rings. The van der Waals surface area contributed by atoms with E-state index in [0.29, 0.717) is 25.4 Å². The number of hydrogen-bond donors (Lipinski definition) is 2. The van der Waals surface area contributed by atoms with Gasteiger partial charge >= 0.3 is 0 Å². The van der Waals surface area contributed by atoms with Crippen LogP contribution in [0.25, 0.3) is 0 Å². The summed E-state index contributed by atoms with van der Waals surface area (Å²) in [6.45, 7) is 5.74. The third-order valence-corrected chi connectivity index (χ3v) is 8.21. The van der Waals surface area contributed by atoms with Crippen molar-refractivity contribution < 1.29 is 22.7 Å². The molecule has 0 aliphatic carbocycles. The average Bonchev–Trinajstić information content (AvgIpc) is 2.83. The van der Waals surface area contributed by atoms with Gasteiger partial charge < -0.3 is 20.1 Å². The van der Waals surface area contributed by atoms with Crippen LogP contribution in [0.3, 0.4) is 0 Å². The van der Waals surface area contributed by atoms with Crippen LogP contribution < -0.4 is 15.4 Å². The number of anilines is 1. The molecule has 1 unspecified atom stereocenters. The van der Waals surface area contributed by atoms with Crippen LogP contribution >= 0.6 is 0 Å². The fourth-order valence-electron chi connectivity index (χ4n) is 4.18. The van der Waals surface area contributed by atoms with Crippen molar-refractivity contribution in [2.45, 2.75) is 43.0 Å². The molecule has 1 aliphatic rings. The number of rotatable bonds is 9. The molecule has 0 bridgehead atoms. The summed E-state index contributed by atoms with van der Waals surface area (Å²) in [6.07, 6.45) is 1.64. The van der Waals surface area contributed by atoms with Crippen LogP contribution in [0.2, 0.25) is 0 Å². The molecule has 1 saturated heterocycles. The van der Waals surface area contributed by atoms with Crippen LogP contribution in [0.5, 0.6) is 5.75 Å². The Morgan fingerprint density at radius 1 is 1.18 bits per heavy atom. The average molecular weight is 490 g/mol. The Bertz CT molecular complexity index is 1110. The van der Waals surface area contributed by atoms with Crippen LogP contribution in [-0.2, 0) is 25.0 Å². The van der Waals surface area contributed by atoms with Crippen LogP contribution in [0.1, 0.15) is 30.9 Å². The second-order valence-corrected chi connectivity index (χ2v) is 11.2. The van der Waals surface area contributed by atoms with Crippen molar-refractivity contribution in [3.05, 3.63) is 53.6 Å². The van der Waals surface area contributed by atoms with E-state index in [-0.39, 0.29) is 16.2 Å². The van der Waals surface area contributed by atoms with Crippen LogP contribution in [0.4, 0.5) is 5.69 Å². The monoisotopic (exact) mass is 489 g/mol. The molecule has 1 aliphatic heterocycles. The Kier molecular flexibility index (Phi) is 8.35. The van der Waals surface area contributed by atoms with Crippen molar-refractivity contribution in [2.75, 3.05) is 46.3 Å². The third-order valence-electron chi connectivity index (χ3n) is 6.40. The number of methoxy groups -OCH3 is 1. The van der Waals surface area contributed by atoms with Crippen LogP contribution in [0.15, 0.2) is 47.4 Å². The standard InChI is InChI=1S/C25H35N3O5S/c1-18-9-10-23(32-5)22(15-18)25(11-13-33-14-12-25)17-26-19(2)24(29)27-20-7-6-8-21(16-20)34(30,31)28(3)4/h6-10,15-16,19,26H,11-14,17H2,1-5H3,(H,27,29). The largest absolute Gasteiger partial charge is 0.496 e. The van der Waals surface area contributed by atoms with Crippen molar-refractivity contribution in [2.24, 2.45) is 0 Å². The van der Waals surface area contributed by atoms with Gasteiger partial charge in [-0.3, -0.25) is 4.79 Å². The molecule has 0 aromatic heterocycles. The summed E-state index contributed by atoms with van der Waals surface area (Å²) >= 11 is 0. The lowest BCUT2D eigenvalue weighted by atomic mass is 9.73. The number of sulfonamides is 1. The Morgan fingerprint density at radius 3 is 2.53 bits per heavy atom. The predicted octanol–water partition coefficient (Wildman–Crippen LogP) is 2.92. The van der Waals surface area contributed by atoms with Gasteiger partial charge in [0.25, 0.3) is 0 Å². The van der Waals surface area contributed by atoms with Gasteiger partial charge in [-0.15, -0.1) is 0 Å². The smallest absolute Gasteiger partial charge is 0.242 e. The molecule has 186 valence electrons. The third kappa shape index (κ3) is 5.78. The fourth-order valence-corrected chi connectivity index (χ4v) is 5.12. The molecule has 0 saturated carbocycles. The lowest BCUT2D eigenvalue weighted by molar-refractivity contribution is -0.117. The van der Waals surface area contributed by atoms with Crippen molar-refractivity contribution in [3.8, 4) is 5.75 Å². The lowest BCUT2D eigenvalue weighted by Crippen LogP contribution is -2.48. The Hall–Kier alpha value is -2.46. The number of benzene rings is 2. The minimum absolute atomic E-state index is 0.128. The Morgan fingerprint density at radius 2 is 1.88 bits per heavy atom. The summed E-state index contributed by atoms with van der Waals surface area (Å²) in [6, 6.07) is 12.0. The van der Waals surface area contributed by atoms with Gasteiger partial charge in [0.2, 0.25) is 15.9 Å². The molecule has 2 N–H and O–H groups in total. The number of nitrogens with zero attached hydrogens (tertiary/aromatic N) is 1. The maximum absolute atomic E-state index is 12.9. The minimum Gasteiger partial charge on any atom is -0.496 e. The summed E-state index contributed by atoms with van der Waals surface area (Å²) in [5.74, 6) is 0.600. The maximum Gasteiger partial charge on any atom is 0.242 e. The summed E-state index contributed by atoms with van der Waals surface area (Å²) in [7, 11) is 1.04. The number of nitrogens with one attached hydrogen (secondary N) is 2. The van der Waals surface area contributed by atoms with E-state index < -0.39 is 16.1 Å². The van der Waals surface area contributed by atoms with Crippen molar-refractivity contribution >= 4 is 21.6 Å². The Balaban J connectivity index is 1.74. The van der Waals surface area contributed by atoms with E-state index in [1.807, 2.05) is 12.1 Å². The fraction of sp³-hybridized carbons (Fsp3) is 0.480. The van der Waals surface area contributed by atoms with Crippen LogP contribution in [-0.4, -0.2) is 65.6 Å². The molecule has 1 amide bonds. The first kappa shape index (κ1) is 26.2. The number of aryl methyl sites for hydroxylation is 1. The van der Waals surface area contributed by atoms with Crippen molar-refractivity contribution in [3.63, 3.8) is 0 Å². The number of hydrogen-bond acceptors (Lipinski definition) is 6. The summed E-state index contributed by atoms with van der Waals surface area (Å²) in [5.41, 5.74) is 2.49. The first-order chi connectivity index (χ1) is 16.1. The number of ether oxygens (including phenoxy) is 2. The highest BCUT2D eigenvalue weighted by atomic mass is 32.2. The van der Waals surface area contributed by atoms with Gasteiger partial charge in [0.05, 0.1) is 18.0 Å². The van der Waals surface area contributed by atoms with E-state index in [2.05, 4.69) is 23.6 Å². The highest BCUT2D eigenvalue weighted by Gasteiger charge is 2.37. The molecule has 0 spiro atoms. The summed E-state index contributed by atoms with van der Waals surface area (Å²) < 4.78 is 37.3. The lowest BCUT2D eigenvalue weighted by Gasteiger charge is -2.39. The van der Waals surface area contributed by atoms with Gasteiger partial charge in [-0.1, -0.05) is 23.8 Å². The predicted molar refractivity (Wildman–Crippen MR) is 133 cm³/mol. The van der Waals surface area contributed by atoms with E-state index in [1.165, 1.54) is 26.2 Å². The molecule has 1 fully saturated rings. The Labute approximate surface area is 202 Å². The zero-order chi connectivity index (χ0) is 24.9. The molecule has 34 heavy (non-hydrogen) atoms. The topological polar surface area (TPSA) is 97.0 Å². The van der Waals surface area contributed by atoms with E-state index in [9.17, 15) is 13.2 Å². The van der Waals surface area contributed by atoms with E-state index in [0.717, 1.165) is 34.0 Å². The molecule has 2 aromatic carbocycles. The summed E-state index contributed by atoms with van der Waals surface area (Å²) in [4.78, 5) is 13.0. The second-order valence-electron chi connectivity index (χ2n) is 9.00. The molecule has 8 nitrogen and oxygen atoms in total. The normalized spacial score (nSPS) is 16.8. The van der Waals surface area contributed by atoms with E-state index >= 15 is 0 Å². The first-order valence-electron chi connectivity index (χ1n) is 11.4. The highest BCUT2D eigenvalue weighted by molar-refractivity contribution is 7.89. The van der Waals surface area contributed by atoms with Gasteiger partial charge in [0.15, 0.2) is 0 Å². The zero-order valence-corrected chi connectivity index (χ0v) is 21.4. The molecule has 9 heteroatoms. The SMILES string of the molecule is COc1ccc(C)cc1C1(CNC(C)C(=O)Nc2cccc(S(=O)(=O)N(C)C)c2)CCOCC1.